The van der Waals surface area contributed by atoms with Crippen LogP contribution in [0.3, 0.4) is 0 Å². The fourth-order valence-electron chi connectivity index (χ4n) is 1.13. The van der Waals surface area contributed by atoms with Gasteiger partial charge in [-0.1, -0.05) is 0 Å². The lowest BCUT2D eigenvalue weighted by Gasteiger charge is -2.11. The Balaban J connectivity index is 3.12. The normalized spacial score (nSPS) is 15.1. The Bertz CT molecular complexity index is 358. The standard InChI is InChI=1S/C9H12FO3P/c1-3-13-14(11,12)9-5-7(2)4-8(10)6-9/h4-6H,3H2,1-2H3,(H,11,12). The maximum absolute atomic E-state index is 12.9. The van der Waals surface area contributed by atoms with E-state index in [9.17, 15) is 13.8 Å². The number of hydrogen-bond acceptors (Lipinski definition) is 2. The second-order valence-electron chi connectivity index (χ2n) is 2.92. The van der Waals surface area contributed by atoms with Crippen molar-refractivity contribution in [2.45, 2.75) is 13.8 Å². The van der Waals surface area contributed by atoms with Crippen LogP contribution in [-0.4, -0.2) is 11.5 Å². The van der Waals surface area contributed by atoms with E-state index in [0.29, 0.717) is 5.56 Å². The molecule has 0 aliphatic rings. The van der Waals surface area contributed by atoms with Crippen molar-refractivity contribution in [2.75, 3.05) is 6.61 Å². The van der Waals surface area contributed by atoms with Crippen LogP contribution in [0.5, 0.6) is 0 Å². The highest BCUT2D eigenvalue weighted by Gasteiger charge is 2.22. The molecule has 0 saturated carbocycles. The molecular weight excluding hydrogens is 206 g/mol. The molecule has 0 spiro atoms. The average molecular weight is 218 g/mol. The van der Waals surface area contributed by atoms with Crippen LogP contribution in [0.1, 0.15) is 12.5 Å². The van der Waals surface area contributed by atoms with E-state index in [1.165, 1.54) is 12.1 Å². The fourth-order valence-corrected chi connectivity index (χ4v) is 2.28. The highest BCUT2D eigenvalue weighted by molar-refractivity contribution is 7.61. The molecule has 3 nitrogen and oxygen atoms in total. The Morgan fingerprint density at radius 2 is 2.14 bits per heavy atom. The predicted octanol–water partition coefficient (Wildman–Crippen LogP) is 1.98. The lowest BCUT2D eigenvalue weighted by molar-refractivity contribution is 0.284. The maximum atomic E-state index is 12.9. The van der Waals surface area contributed by atoms with Crippen molar-refractivity contribution in [3.8, 4) is 0 Å². The zero-order chi connectivity index (χ0) is 10.8. The first-order valence-corrected chi connectivity index (χ1v) is 5.78. The molecule has 0 bridgehead atoms. The van der Waals surface area contributed by atoms with Crippen molar-refractivity contribution in [1.82, 2.24) is 0 Å². The summed E-state index contributed by atoms with van der Waals surface area (Å²) in [5, 5.41) is -0.00292. The first-order valence-electron chi connectivity index (χ1n) is 4.21. The molecule has 0 amide bonds. The average Bonchev–Trinajstić information content (AvgIpc) is 2.02. The van der Waals surface area contributed by atoms with Gasteiger partial charge >= 0.3 is 7.60 Å². The Labute approximate surface area is 82.1 Å². The van der Waals surface area contributed by atoms with Crippen molar-refractivity contribution in [3.63, 3.8) is 0 Å². The third-order valence-corrected chi connectivity index (χ3v) is 3.18. The maximum Gasteiger partial charge on any atom is 0.358 e. The summed E-state index contributed by atoms with van der Waals surface area (Å²) in [6.07, 6.45) is 0. The van der Waals surface area contributed by atoms with Gasteiger partial charge in [0.15, 0.2) is 0 Å². The van der Waals surface area contributed by atoms with E-state index >= 15 is 0 Å². The van der Waals surface area contributed by atoms with Gasteiger partial charge in [-0.25, -0.2) is 4.39 Å². The van der Waals surface area contributed by atoms with Crippen LogP contribution in [0.25, 0.3) is 0 Å². The molecular formula is C9H12FO3P. The van der Waals surface area contributed by atoms with E-state index in [1.54, 1.807) is 13.8 Å². The quantitative estimate of drug-likeness (QED) is 0.789. The van der Waals surface area contributed by atoms with Gasteiger partial charge in [0.05, 0.1) is 11.9 Å². The molecule has 14 heavy (non-hydrogen) atoms. The number of rotatable bonds is 3. The minimum absolute atomic E-state index is 0.00292. The third kappa shape index (κ3) is 2.64. The molecule has 1 N–H and O–H groups in total. The topological polar surface area (TPSA) is 46.5 Å². The molecule has 0 radical (unpaired) electrons. The molecule has 0 aliphatic carbocycles. The number of hydrogen-bond donors (Lipinski definition) is 1. The first kappa shape index (κ1) is 11.4. The van der Waals surface area contributed by atoms with Crippen LogP contribution in [0.15, 0.2) is 18.2 Å². The van der Waals surface area contributed by atoms with Gasteiger partial charge in [-0.15, -0.1) is 0 Å². The van der Waals surface area contributed by atoms with Crippen LogP contribution < -0.4 is 5.30 Å². The van der Waals surface area contributed by atoms with Crippen molar-refractivity contribution >= 4 is 12.9 Å². The van der Waals surface area contributed by atoms with Crippen molar-refractivity contribution in [1.29, 1.82) is 0 Å². The third-order valence-electron chi connectivity index (χ3n) is 1.66. The van der Waals surface area contributed by atoms with Crippen molar-refractivity contribution in [3.05, 3.63) is 29.6 Å². The zero-order valence-corrected chi connectivity index (χ0v) is 8.92. The van der Waals surface area contributed by atoms with E-state index in [1.807, 2.05) is 0 Å². The van der Waals surface area contributed by atoms with Gasteiger partial charge in [-0.05, 0) is 37.6 Å². The van der Waals surface area contributed by atoms with E-state index < -0.39 is 13.4 Å². The smallest absolute Gasteiger partial charge is 0.321 e. The molecule has 0 heterocycles. The SMILES string of the molecule is CCOP(=O)(O)c1cc(C)cc(F)c1. The van der Waals surface area contributed by atoms with Crippen LogP contribution in [0.4, 0.5) is 4.39 Å². The summed E-state index contributed by atoms with van der Waals surface area (Å²) in [6, 6.07) is 3.75. The van der Waals surface area contributed by atoms with Crippen LogP contribution in [-0.2, 0) is 9.09 Å². The van der Waals surface area contributed by atoms with Crippen LogP contribution in [0.2, 0.25) is 0 Å². The van der Waals surface area contributed by atoms with Gasteiger partial charge < -0.3 is 9.42 Å². The number of benzene rings is 1. The fraction of sp³-hybridized carbons (Fsp3) is 0.333. The summed E-state index contributed by atoms with van der Waals surface area (Å²) >= 11 is 0. The number of aryl methyl sites for hydroxylation is 1. The highest BCUT2D eigenvalue weighted by atomic mass is 31.2. The monoisotopic (exact) mass is 218 g/mol. The van der Waals surface area contributed by atoms with E-state index in [-0.39, 0.29) is 11.9 Å². The molecule has 1 rings (SSSR count). The lowest BCUT2D eigenvalue weighted by atomic mass is 10.2. The second-order valence-corrected chi connectivity index (χ2v) is 4.74. The van der Waals surface area contributed by atoms with Crippen molar-refractivity contribution in [2.24, 2.45) is 0 Å². The molecule has 1 aromatic rings. The molecule has 78 valence electrons. The van der Waals surface area contributed by atoms with Gasteiger partial charge in [0.25, 0.3) is 0 Å². The first-order chi connectivity index (χ1) is 6.45. The Kier molecular flexibility index (Phi) is 3.43. The van der Waals surface area contributed by atoms with E-state index in [2.05, 4.69) is 4.52 Å². The molecule has 5 heteroatoms. The van der Waals surface area contributed by atoms with Crippen LogP contribution >= 0.6 is 7.60 Å². The van der Waals surface area contributed by atoms with Crippen molar-refractivity contribution < 1.29 is 18.4 Å². The zero-order valence-electron chi connectivity index (χ0n) is 8.03. The molecule has 0 fully saturated rings. The Morgan fingerprint density at radius 1 is 1.50 bits per heavy atom. The van der Waals surface area contributed by atoms with Gasteiger partial charge in [-0.3, -0.25) is 4.57 Å². The molecule has 1 atom stereocenters. The summed E-state index contributed by atoms with van der Waals surface area (Å²) in [5.41, 5.74) is 0.592. The van der Waals surface area contributed by atoms with E-state index in [0.717, 1.165) is 6.07 Å². The molecule has 1 aromatic carbocycles. The minimum atomic E-state index is -3.84. The van der Waals surface area contributed by atoms with Gasteiger partial charge in [-0.2, -0.15) is 0 Å². The van der Waals surface area contributed by atoms with Gasteiger partial charge in [0.1, 0.15) is 5.82 Å². The lowest BCUT2D eigenvalue weighted by Crippen LogP contribution is -2.08. The summed E-state index contributed by atoms with van der Waals surface area (Å²) in [4.78, 5) is 9.40. The molecule has 0 aromatic heterocycles. The summed E-state index contributed by atoms with van der Waals surface area (Å²) in [5.74, 6) is -0.533. The van der Waals surface area contributed by atoms with Crippen LogP contribution in [0, 0.1) is 12.7 Å². The predicted molar refractivity (Wildman–Crippen MR) is 52.2 cm³/mol. The molecule has 0 saturated heterocycles. The number of halogens is 1. The van der Waals surface area contributed by atoms with Gasteiger partial charge in [0.2, 0.25) is 0 Å². The Hall–Kier alpha value is -0.700. The highest BCUT2D eigenvalue weighted by Crippen LogP contribution is 2.40. The summed E-state index contributed by atoms with van der Waals surface area (Å²) < 4.78 is 29.1. The summed E-state index contributed by atoms with van der Waals surface area (Å²) in [7, 11) is -3.84. The molecule has 1 unspecified atom stereocenters. The Morgan fingerprint density at radius 3 is 2.64 bits per heavy atom. The van der Waals surface area contributed by atoms with Gasteiger partial charge in [0, 0.05) is 0 Å². The minimum Gasteiger partial charge on any atom is -0.321 e. The second kappa shape index (κ2) is 4.22. The molecule has 0 aliphatic heterocycles. The van der Waals surface area contributed by atoms with E-state index in [4.69, 9.17) is 0 Å². The largest absolute Gasteiger partial charge is 0.358 e. The summed E-state index contributed by atoms with van der Waals surface area (Å²) in [6.45, 7) is 3.37.